The predicted molar refractivity (Wildman–Crippen MR) is 112 cm³/mol. The van der Waals surface area contributed by atoms with E-state index in [4.69, 9.17) is 23.8 Å². The van der Waals surface area contributed by atoms with Crippen molar-refractivity contribution >= 4 is 40.5 Å². The molecule has 0 fully saturated rings. The van der Waals surface area contributed by atoms with Gasteiger partial charge in [-0.15, -0.1) is 0 Å². The van der Waals surface area contributed by atoms with Gasteiger partial charge in [0, 0.05) is 23.4 Å². The molecule has 1 heterocycles. The van der Waals surface area contributed by atoms with Crippen LogP contribution in [0.5, 0.6) is 0 Å². The van der Waals surface area contributed by atoms with Crippen LogP contribution in [0.25, 0.3) is 0 Å². The molecule has 0 spiro atoms. The molecule has 0 bridgehead atoms. The van der Waals surface area contributed by atoms with Crippen LogP contribution >= 0.6 is 23.8 Å². The lowest BCUT2D eigenvalue weighted by molar-refractivity contribution is 0.0978. The van der Waals surface area contributed by atoms with Gasteiger partial charge in [0.25, 0.3) is 5.91 Å². The van der Waals surface area contributed by atoms with Crippen molar-refractivity contribution in [1.82, 2.24) is 15.5 Å². The molecule has 3 aromatic rings. The van der Waals surface area contributed by atoms with E-state index in [1.807, 2.05) is 38.1 Å². The Balaban J connectivity index is 1.60. The van der Waals surface area contributed by atoms with Crippen molar-refractivity contribution in [2.75, 3.05) is 5.32 Å². The monoisotopic (exact) mass is 398 g/mol. The average Bonchev–Trinajstić information content (AvgIpc) is 2.95. The topological polar surface area (TPSA) is 69.8 Å². The molecule has 0 unspecified atom stereocenters. The zero-order valence-electron chi connectivity index (χ0n) is 15.0. The fourth-order valence-electron chi connectivity index (χ4n) is 2.72. The third kappa shape index (κ3) is 4.72. The number of aromatic nitrogens is 2. The normalized spacial score (nSPS) is 10.5. The Morgan fingerprint density at radius 2 is 1.85 bits per heavy atom. The summed E-state index contributed by atoms with van der Waals surface area (Å²) in [6.45, 7) is 4.01. The van der Waals surface area contributed by atoms with Crippen molar-refractivity contribution in [2.45, 2.75) is 20.3 Å². The molecular weight excluding hydrogens is 380 g/mol. The number of carbonyl (C=O) groups excluding carboxylic acids is 1. The number of carbonyl (C=O) groups is 1. The minimum Gasteiger partial charge on any atom is -0.332 e. The summed E-state index contributed by atoms with van der Waals surface area (Å²) in [5.74, 6) is -0.347. The highest BCUT2D eigenvalue weighted by molar-refractivity contribution is 7.80. The van der Waals surface area contributed by atoms with Crippen LogP contribution in [0.3, 0.4) is 0 Å². The molecule has 27 heavy (non-hydrogen) atoms. The zero-order chi connectivity index (χ0) is 19.4. The molecule has 1 amide bonds. The Hall–Kier alpha value is -2.70. The van der Waals surface area contributed by atoms with Gasteiger partial charge in [-0.25, -0.2) is 0 Å². The second-order valence-electron chi connectivity index (χ2n) is 6.17. The van der Waals surface area contributed by atoms with Crippen LogP contribution in [-0.2, 0) is 6.42 Å². The third-order valence-corrected chi connectivity index (χ3v) is 4.75. The maximum absolute atomic E-state index is 12.2. The number of hydrogen-bond donors (Lipinski definition) is 3. The summed E-state index contributed by atoms with van der Waals surface area (Å²) >= 11 is 11.2. The van der Waals surface area contributed by atoms with Crippen LogP contribution in [0.4, 0.5) is 5.69 Å². The Morgan fingerprint density at radius 1 is 1.15 bits per heavy atom. The maximum atomic E-state index is 12.2. The molecule has 0 saturated heterocycles. The quantitative estimate of drug-likeness (QED) is 0.570. The number of thiocarbonyl (C=S) groups is 1. The number of nitrogens with zero attached hydrogens (tertiary/aromatic N) is 1. The van der Waals surface area contributed by atoms with E-state index in [1.54, 1.807) is 24.3 Å². The summed E-state index contributed by atoms with van der Waals surface area (Å²) in [5.41, 5.74) is 5.64. The van der Waals surface area contributed by atoms with Gasteiger partial charge in [0.05, 0.1) is 16.3 Å². The van der Waals surface area contributed by atoms with Gasteiger partial charge in [0.15, 0.2) is 5.11 Å². The van der Waals surface area contributed by atoms with Crippen LogP contribution in [0.2, 0.25) is 5.02 Å². The first-order chi connectivity index (χ1) is 12.9. The van der Waals surface area contributed by atoms with E-state index in [0.717, 1.165) is 23.5 Å². The highest BCUT2D eigenvalue weighted by atomic mass is 35.5. The lowest BCUT2D eigenvalue weighted by Gasteiger charge is -2.11. The number of hydrogen-bond acceptors (Lipinski definition) is 3. The van der Waals surface area contributed by atoms with Gasteiger partial charge in [-0.2, -0.15) is 5.10 Å². The Bertz CT molecular complexity index is 962. The van der Waals surface area contributed by atoms with Crippen molar-refractivity contribution in [3.63, 3.8) is 0 Å². The van der Waals surface area contributed by atoms with E-state index >= 15 is 0 Å². The van der Waals surface area contributed by atoms with Gasteiger partial charge < -0.3 is 5.32 Å². The molecule has 0 saturated carbocycles. The predicted octanol–water partition coefficient (Wildman–Crippen LogP) is 4.40. The van der Waals surface area contributed by atoms with Gasteiger partial charge >= 0.3 is 0 Å². The van der Waals surface area contributed by atoms with Crippen LogP contribution in [-0.4, -0.2) is 21.2 Å². The summed E-state index contributed by atoms with van der Waals surface area (Å²) in [4.78, 5) is 12.2. The van der Waals surface area contributed by atoms with Crippen molar-refractivity contribution in [3.05, 3.63) is 81.6 Å². The smallest absolute Gasteiger partial charge is 0.258 e. The summed E-state index contributed by atoms with van der Waals surface area (Å²) < 4.78 is 0. The number of halogens is 1. The maximum Gasteiger partial charge on any atom is 0.258 e. The number of H-pyrrole nitrogens is 1. The lowest BCUT2D eigenvalue weighted by atomic mass is 10.0. The van der Waals surface area contributed by atoms with Crippen LogP contribution in [0.1, 0.15) is 32.9 Å². The SMILES string of the molecule is Cc1n[nH]c(C)c1Cc1ccc(NC(=S)NC(=O)c2ccccc2Cl)cc1. The number of aromatic amines is 1. The van der Waals surface area contributed by atoms with Crippen molar-refractivity contribution in [3.8, 4) is 0 Å². The minimum atomic E-state index is -0.347. The summed E-state index contributed by atoms with van der Waals surface area (Å²) in [7, 11) is 0. The highest BCUT2D eigenvalue weighted by Crippen LogP contribution is 2.18. The molecule has 1 aromatic heterocycles. The second-order valence-corrected chi connectivity index (χ2v) is 6.99. The summed E-state index contributed by atoms with van der Waals surface area (Å²) in [5, 5.41) is 13.5. The van der Waals surface area contributed by atoms with Crippen molar-refractivity contribution < 1.29 is 4.79 Å². The average molecular weight is 399 g/mol. The van der Waals surface area contributed by atoms with Gasteiger partial charge in [0.1, 0.15) is 0 Å². The molecule has 0 aliphatic carbocycles. The lowest BCUT2D eigenvalue weighted by Crippen LogP contribution is -2.34. The first-order valence-electron chi connectivity index (χ1n) is 8.40. The molecule has 2 aromatic carbocycles. The summed E-state index contributed by atoms with van der Waals surface area (Å²) in [6.07, 6.45) is 0.808. The zero-order valence-corrected chi connectivity index (χ0v) is 16.5. The highest BCUT2D eigenvalue weighted by Gasteiger charge is 2.11. The summed E-state index contributed by atoms with van der Waals surface area (Å²) in [6, 6.07) is 14.7. The first kappa shape index (κ1) is 19.1. The molecule has 0 aliphatic heterocycles. The fourth-order valence-corrected chi connectivity index (χ4v) is 3.15. The standard InChI is InChI=1S/C20H19ClN4OS/c1-12-17(13(2)25-24-12)11-14-7-9-15(10-8-14)22-20(27)23-19(26)16-5-3-4-6-18(16)21/h3-10H,11H2,1-2H3,(H,24,25)(H2,22,23,26,27). The molecule has 3 N–H and O–H groups in total. The number of aryl methyl sites for hydroxylation is 2. The third-order valence-electron chi connectivity index (χ3n) is 4.22. The Morgan fingerprint density at radius 3 is 2.48 bits per heavy atom. The van der Waals surface area contributed by atoms with E-state index in [1.165, 1.54) is 11.1 Å². The minimum absolute atomic E-state index is 0.217. The molecule has 0 atom stereocenters. The number of anilines is 1. The number of benzene rings is 2. The van der Waals surface area contributed by atoms with E-state index < -0.39 is 0 Å². The van der Waals surface area contributed by atoms with E-state index in [0.29, 0.717) is 10.6 Å². The van der Waals surface area contributed by atoms with Crippen molar-refractivity contribution in [2.24, 2.45) is 0 Å². The van der Waals surface area contributed by atoms with Crippen molar-refractivity contribution in [1.29, 1.82) is 0 Å². The number of rotatable bonds is 4. The van der Waals surface area contributed by atoms with E-state index in [9.17, 15) is 4.79 Å². The number of nitrogens with one attached hydrogen (secondary N) is 3. The molecule has 3 rings (SSSR count). The molecule has 7 heteroatoms. The van der Waals surface area contributed by atoms with Crippen LogP contribution in [0.15, 0.2) is 48.5 Å². The second kappa shape index (κ2) is 8.33. The molecule has 0 aliphatic rings. The Kier molecular flexibility index (Phi) is 5.88. The largest absolute Gasteiger partial charge is 0.332 e. The first-order valence-corrected chi connectivity index (χ1v) is 9.19. The van der Waals surface area contributed by atoms with Gasteiger partial charge in [-0.1, -0.05) is 35.9 Å². The van der Waals surface area contributed by atoms with Gasteiger partial charge in [-0.3, -0.25) is 15.2 Å². The molecule has 5 nitrogen and oxygen atoms in total. The Labute approximate surface area is 168 Å². The molecular formula is C20H19ClN4OS. The fraction of sp³-hybridized carbons (Fsp3) is 0.150. The van der Waals surface area contributed by atoms with Gasteiger partial charge in [0.2, 0.25) is 0 Å². The number of amides is 1. The van der Waals surface area contributed by atoms with Crippen LogP contribution < -0.4 is 10.6 Å². The van der Waals surface area contributed by atoms with E-state index in [-0.39, 0.29) is 11.0 Å². The van der Waals surface area contributed by atoms with Crippen LogP contribution in [0, 0.1) is 13.8 Å². The molecule has 138 valence electrons. The van der Waals surface area contributed by atoms with Gasteiger partial charge in [-0.05, 0) is 55.9 Å². The molecule has 0 radical (unpaired) electrons. The van der Waals surface area contributed by atoms with E-state index in [2.05, 4.69) is 20.8 Å².